The summed E-state index contributed by atoms with van der Waals surface area (Å²) < 4.78 is 11.9. The Kier molecular flexibility index (Phi) is 6.65. The summed E-state index contributed by atoms with van der Waals surface area (Å²) >= 11 is 0. The molecule has 0 aliphatic carbocycles. The third-order valence-electron chi connectivity index (χ3n) is 4.20. The Labute approximate surface area is 163 Å². The molecule has 3 aromatic rings. The van der Waals surface area contributed by atoms with E-state index in [1.54, 1.807) is 18.2 Å². The lowest BCUT2D eigenvalue weighted by Gasteiger charge is -2.15. The zero-order valence-electron chi connectivity index (χ0n) is 15.3. The fraction of sp³-hybridized carbons (Fsp3) is 0.174. The molecule has 3 aromatic carbocycles. The molecular weight excluding hydrogens is 356 g/mol. The van der Waals surface area contributed by atoms with Gasteiger partial charge in [0, 0.05) is 6.42 Å². The second-order valence-corrected chi connectivity index (χ2v) is 6.39. The minimum atomic E-state index is -1.46. The van der Waals surface area contributed by atoms with Crippen LogP contribution < -0.4 is 9.47 Å². The topological polar surface area (TPSA) is 76.0 Å². The molecule has 0 radical (unpaired) electrons. The van der Waals surface area contributed by atoms with Gasteiger partial charge in [-0.25, -0.2) is 4.79 Å². The van der Waals surface area contributed by atoms with E-state index in [1.165, 1.54) is 0 Å². The highest BCUT2D eigenvalue weighted by molar-refractivity contribution is 5.72. The van der Waals surface area contributed by atoms with Crippen LogP contribution in [0.15, 0.2) is 78.9 Å². The number of ether oxygens (including phenoxy) is 2. The Morgan fingerprint density at radius 3 is 1.82 bits per heavy atom. The number of benzene rings is 3. The second-order valence-electron chi connectivity index (χ2n) is 6.39. The van der Waals surface area contributed by atoms with Crippen molar-refractivity contribution < 1.29 is 24.5 Å². The monoisotopic (exact) mass is 378 g/mol. The molecule has 28 heavy (non-hydrogen) atoms. The summed E-state index contributed by atoms with van der Waals surface area (Å²) in [4.78, 5) is 10.9. The molecule has 5 heteroatoms. The SMILES string of the molecule is O=C(O)[C@H](O)Cc1ccc(OCc2ccccc2)c(OCc2ccccc2)c1. The average Bonchev–Trinajstić information content (AvgIpc) is 2.73. The van der Waals surface area contributed by atoms with Gasteiger partial charge in [-0.15, -0.1) is 0 Å². The second kappa shape index (κ2) is 9.58. The van der Waals surface area contributed by atoms with Gasteiger partial charge in [0.15, 0.2) is 17.6 Å². The van der Waals surface area contributed by atoms with Gasteiger partial charge in [-0.1, -0.05) is 66.7 Å². The van der Waals surface area contributed by atoms with Crippen LogP contribution in [0.25, 0.3) is 0 Å². The van der Waals surface area contributed by atoms with Gasteiger partial charge >= 0.3 is 5.97 Å². The lowest BCUT2D eigenvalue weighted by molar-refractivity contribution is -0.146. The largest absolute Gasteiger partial charge is 0.485 e. The van der Waals surface area contributed by atoms with E-state index >= 15 is 0 Å². The maximum atomic E-state index is 10.9. The molecule has 0 unspecified atom stereocenters. The molecule has 0 fully saturated rings. The fourth-order valence-corrected chi connectivity index (χ4v) is 2.69. The number of hydrogen-bond acceptors (Lipinski definition) is 4. The van der Waals surface area contributed by atoms with Gasteiger partial charge in [0.25, 0.3) is 0 Å². The van der Waals surface area contributed by atoms with Crippen LogP contribution in [0.5, 0.6) is 11.5 Å². The van der Waals surface area contributed by atoms with E-state index in [2.05, 4.69) is 0 Å². The lowest BCUT2D eigenvalue weighted by atomic mass is 10.1. The predicted octanol–water partition coefficient (Wildman–Crippen LogP) is 3.83. The van der Waals surface area contributed by atoms with E-state index in [9.17, 15) is 9.90 Å². The van der Waals surface area contributed by atoms with Crippen LogP contribution >= 0.6 is 0 Å². The first-order valence-corrected chi connectivity index (χ1v) is 8.99. The molecule has 0 saturated carbocycles. The van der Waals surface area contributed by atoms with Crippen LogP contribution in [0, 0.1) is 0 Å². The summed E-state index contributed by atoms with van der Waals surface area (Å²) in [7, 11) is 0. The number of carbonyl (C=O) groups is 1. The summed E-state index contributed by atoms with van der Waals surface area (Å²) in [5, 5.41) is 18.6. The summed E-state index contributed by atoms with van der Waals surface area (Å²) in [6.07, 6.45) is -1.46. The molecule has 0 aliphatic heterocycles. The van der Waals surface area contributed by atoms with Crippen molar-refractivity contribution in [3.8, 4) is 11.5 Å². The number of rotatable bonds is 9. The Morgan fingerprint density at radius 2 is 1.29 bits per heavy atom. The highest BCUT2D eigenvalue weighted by Gasteiger charge is 2.16. The van der Waals surface area contributed by atoms with Gasteiger partial charge in [-0.3, -0.25) is 0 Å². The third-order valence-corrected chi connectivity index (χ3v) is 4.20. The van der Waals surface area contributed by atoms with Crippen LogP contribution in [0.2, 0.25) is 0 Å². The van der Waals surface area contributed by atoms with Crippen LogP contribution in [0.3, 0.4) is 0 Å². The zero-order valence-corrected chi connectivity index (χ0v) is 15.3. The normalized spacial score (nSPS) is 11.6. The van der Waals surface area contributed by atoms with Gasteiger partial charge in [0.1, 0.15) is 13.2 Å². The molecule has 0 amide bonds. The van der Waals surface area contributed by atoms with Crippen molar-refractivity contribution in [2.75, 3.05) is 0 Å². The molecule has 0 heterocycles. The van der Waals surface area contributed by atoms with Crippen LogP contribution in [-0.4, -0.2) is 22.3 Å². The van der Waals surface area contributed by atoms with Gasteiger partial charge < -0.3 is 19.7 Å². The van der Waals surface area contributed by atoms with E-state index in [0.29, 0.717) is 30.3 Å². The molecular formula is C23H22O5. The van der Waals surface area contributed by atoms with Gasteiger partial charge in [-0.05, 0) is 28.8 Å². The number of carboxylic acids is 1. The van der Waals surface area contributed by atoms with E-state index in [1.807, 2.05) is 60.7 Å². The number of aliphatic hydroxyl groups is 1. The van der Waals surface area contributed by atoms with Gasteiger partial charge in [0.05, 0.1) is 0 Å². The molecule has 0 bridgehead atoms. The Balaban J connectivity index is 1.76. The van der Waals surface area contributed by atoms with Crippen molar-refractivity contribution in [2.24, 2.45) is 0 Å². The zero-order chi connectivity index (χ0) is 19.8. The van der Waals surface area contributed by atoms with Crippen molar-refractivity contribution in [2.45, 2.75) is 25.7 Å². The fourth-order valence-electron chi connectivity index (χ4n) is 2.69. The van der Waals surface area contributed by atoms with E-state index < -0.39 is 12.1 Å². The first-order chi connectivity index (χ1) is 13.6. The highest BCUT2D eigenvalue weighted by atomic mass is 16.5. The number of aliphatic hydroxyl groups excluding tert-OH is 1. The van der Waals surface area contributed by atoms with Crippen molar-refractivity contribution >= 4 is 5.97 Å². The molecule has 144 valence electrons. The average molecular weight is 378 g/mol. The van der Waals surface area contributed by atoms with Crippen molar-refractivity contribution in [1.82, 2.24) is 0 Å². The van der Waals surface area contributed by atoms with Crippen molar-refractivity contribution in [3.05, 3.63) is 95.6 Å². The Hall–Kier alpha value is -3.31. The summed E-state index contributed by atoms with van der Waals surface area (Å²) in [5.74, 6) is -0.181. The van der Waals surface area contributed by atoms with E-state index in [0.717, 1.165) is 11.1 Å². The predicted molar refractivity (Wildman–Crippen MR) is 105 cm³/mol. The van der Waals surface area contributed by atoms with Crippen molar-refractivity contribution in [3.63, 3.8) is 0 Å². The third kappa shape index (κ3) is 5.59. The van der Waals surface area contributed by atoms with Gasteiger partial charge in [0.2, 0.25) is 0 Å². The summed E-state index contributed by atoms with van der Waals surface area (Å²) in [6, 6.07) is 24.7. The minimum absolute atomic E-state index is 0.00397. The van der Waals surface area contributed by atoms with Crippen LogP contribution in [0.4, 0.5) is 0 Å². The smallest absolute Gasteiger partial charge is 0.332 e. The molecule has 3 rings (SSSR count). The molecule has 5 nitrogen and oxygen atoms in total. The molecule has 0 aliphatic rings. The molecule has 2 N–H and O–H groups in total. The molecule has 1 atom stereocenters. The molecule has 0 aromatic heterocycles. The quantitative estimate of drug-likeness (QED) is 0.592. The number of hydrogen-bond donors (Lipinski definition) is 2. The Morgan fingerprint density at radius 1 is 0.750 bits per heavy atom. The maximum absolute atomic E-state index is 10.9. The maximum Gasteiger partial charge on any atom is 0.332 e. The summed E-state index contributed by atoms with van der Waals surface area (Å²) in [6.45, 7) is 0.743. The molecule has 0 spiro atoms. The highest BCUT2D eigenvalue weighted by Crippen LogP contribution is 2.30. The molecule has 0 saturated heterocycles. The summed E-state index contributed by atoms with van der Waals surface area (Å²) in [5.41, 5.74) is 2.69. The van der Waals surface area contributed by atoms with Gasteiger partial charge in [-0.2, -0.15) is 0 Å². The Bertz CT molecular complexity index is 893. The van der Waals surface area contributed by atoms with Crippen LogP contribution in [-0.2, 0) is 24.4 Å². The lowest BCUT2D eigenvalue weighted by Crippen LogP contribution is -2.21. The van der Waals surface area contributed by atoms with E-state index in [-0.39, 0.29) is 6.42 Å². The first kappa shape index (κ1) is 19.5. The van der Waals surface area contributed by atoms with Crippen LogP contribution in [0.1, 0.15) is 16.7 Å². The standard InChI is InChI=1S/C23H22O5/c24-20(23(25)26)13-19-11-12-21(27-15-17-7-3-1-4-8-17)22(14-19)28-16-18-9-5-2-6-10-18/h1-12,14,20,24H,13,15-16H2,(H,25,26)/t20-/m1/s1. The minimum Gasteiger partial charge on any atom is -0.485 e. The van der Waals surface area contributed by atoms with E-state index in [4.69, 9.17) is 14.6 Å². The number of aliphatic carboxylic acids is 1. The number of carboxylic acid groups (broad SMARTS) is 1. The first-order valence-electron chi connectivity index (χ1n) is 8.99. The van der Waals surface area contributed by atoms with Crippen molar-refractivity contribution in [1.29, 1.82) is 0 Å².